The van der Waals surface area contributed by atoms with Crippen LogP contribution in [0.15, 0.2) is 24.3 Å². The van der Waals surface area contributed by atoms with E-state index in [0.29, 0.717) is 18.4 Å². The zero-order valence-electron chi connectivity index (χ0n) is 8.94. The summed E-state index contributed by atoms with van der Waals surface area (Å²) in [5.74, 6) is -0.715. The summed E-state index contributed by atoms with van der Waals surface area (Å²) in [6.07, 6.45) is 0.195. The Balaban J connectivity index is 2.34. The molecule has 1 aliphatic carbocycles. The molecular weight excluding hydrogens is 211 g/mol. The largest absolute Gasteiger partial charge is 0.468 e. The van der Waals surface area contributed by atoms with Crippen LogP contribution in [0.25, 0.3) is 0 Å². The van der Waals surface area contributed by atoms with E-state index in [4.69, 9.17) is 4.74 Å². The second kappa shape index (κ2) is 3.87. The first-order chi connectivity index (χ1) is 7.58. The zero-order chi connectivity index (χ0) is 11.8. The minimum Gasteiger partial charge on any atom is -0.468 e. The fraction of sp³-hybridized carbons (Fsp3) is 0.417. The number of benzene rings is 1. The molecule has 0 radical (unpaired) electrons. The van der Waals surface area contributed by atoms with Crippen LogP contribution in [0.5, 0.6) is 0 Å². The summed E-state index contributed by atoms with van der Waals surface area (Å²) in [5, 5.41) is 9.36. The molecule has 0 amide bonds. The fourth-order valence-corrected chi connectivity index (χ4v) is 2.23. The molecule has 2 rings (SSSR count). The lowest BCUT2D eigenvalue weighted by Crippen LogP contribution is -2.51. The van der Waals surface area contributed by atoms with Crippen LogP contribution in [0.2, 0.25) is 0 Å². The summed E-state index contributed by atoms with van der Waals surface area (Å²) in [4.78, 5) is 11.7. The van der Waals surface area contributed by atoms with Crippen molar-refractivity contribution in [3.8, 4) is 0 Å². The van der Waals surface area contributed by atoms with Crippen LogP contribution >= 0.6 is 0 Å². The molecule has 1 fully saturated rings. The van der Waals surface area contributed by atoms with Crippen molar-refractivity contribution in [3.63, 3.8) is 0 Å². The van der Waals surface area contributed by atoms with E-state index in [1.165, 1.54) is 19.2 Å². The van der Waals surface area contributed by atoms with Crippen LogP contribution in [0.1, 0.15) is 18.4 Å². The SMILES string of the molecule is COC(=O)C1(c2ccc(F)cc2)CC(O)C1. The lowest BCUT2D eigenvalue weighted by Gasteiger charge is -2.43. The Labute approximate surface area is 92.9 Å². The third-order valence-electron chi connectivity index (χ3n) is 3.14. The van der Waals surface area contributed by atoms with Crippen molar-refractivity contribution in [2.24, 2.45) is 0 Å². The summed E-state index contributed by atoms with van der Waals surface area (Å²) < 4.78 is 17.5. The second-order valence-electron chi connectivity index (χ2n) is 4.14. The molecule has 1 saturated carbocycles. The molecule has 0 heterocycles. The summed E-state index contributed by atoms with van der Waals surface area (Å²) in [6.45, 7) is 0. The van der Waals surface area contributed by atoms with Crippen LogP contribution in [0.4, 0.5) is 4.39 Å². The molecule has 0 aromatic heterocycles. The smallest absolute Gasteiger partial charge is 0.316 e. The Hall–Kier alpha value is -1.42. The summed E-state index contributed by atoms with van der Waals surface area (Å²) in [7, 11) is 1.32. The molecule has 0 aliphatic heterocycles. The van der Waals surface area contributed by atoms with E-state index in [1.807, 2.05) is 0 Å². The minimum atomic E-state index is -0.790. The van der Waals surface area contributed by atoms with Gasteiger partial charge in [-0.1, -0.05) is 12.1 Å². The third kappa shape index (κ3) is 1.59. The third-order valence-corrected chi connectivity index (χ3v) is 3.14. The van der Waals surface area contributed by atoms with Crippen LogP contribution < -0.4 is 0 Å². The Bertz CT molecular complexity index is 393. The number of aliphatic hydroxyl groups is 1. The molecule has 0 unspecified atom stereocenters. The zero-order valence-corrected chi connectivity index (χ0v) is 8.94. The molecule has 1 aromatic carbocycles. The maximum absolute atomic E-state index is 12.8. The number of carbonyl (C=O) groups excluding carboxylic acids is 1. The number of hydrogen-bond acceptors (Lipinski definition) is 3. The summed E-state index contributed by atoms with van der Waals surface area (Å²) in [5.41, 5.74) is -0.0898. The van der Waals surface area contributed by atoms with Crippen LogP contribution in [0, 0.1) is 5.82 Å². The summed E-state index contributed by atoms with van der Waals surface area (Å²) >= 11 is 0. The van der Waals surface area contributed by atoms with E-state index in [-0.39, 0.29) is 11.8 Å². The first-order valence-electron chi connectivity index (χ1n) is 5.11. The molecule has 1 aromatic rings. The molecule has 0 bridgehead atoms. The van der Waals surface area contributed by atoms with Gasteiger partial charge in [0.15, 0.2) is 0 Å². The van der Waals surface area contributed by atoms with Gasteiger partial charge in [0, 0.05) is 0 Å². The van der Waals surface area contributed by atoms with Crippen molar-refractivity contribution >= 4 is 5.97 Å². The normalized spacial score (nSPS) is 28.3. The van der Waals surface area contributed by atoms with Gasteiger partial charge in [0.05, 0.1) is 18.6 Å². The molecule has 0 atom stereocenters. The number of carbonyl (C=O) groups is 1. The van der Waals surface area contributed by atoms with Crippen molar-refractivity contribution in [1.29, 1.82) is 0 Å². The molecule has 1 N–H and O–H groups in total. The van der Waals surface area contributed by atoms with Crippen molar-refractivity contribution in [3.05, 3.63) is 35.6 Å². The Morgan fingerprint density at radius 1 is 1.44 bits per heavy atom. The Morgan fingerprint density at radius 3 is 2.44 bits per heavy atom. The van der Waals surface area contributed by atoms with Gasteiger partial charge in [-0.05, 0) is 30.5 Å². The summed E-state index contributed by atoms with van der Waals surface area (Å²) in [6, 6.07) is 5.76. The topological polar surface area (TPSA) is 46.5 Å². The molecule has 3 nitrogen and oxygen atoms in total. The number of methoxy groups -OCH3 is 1. The maximum atomic E-state index is 12.8. The monoisotopic (exact) mass is 224 g/mol. The number of halogens is 1. The van der Waals surface area contributed by atoms with Gasteiger partial charge in [-0.3, -0.25) is 4.79 Å². The number of hydrogen-bond donors (Lipinski definition) is 1. The van der Waals surface area contributed by atoms with Crippen molar-refractivity contribution in [1.82, 2.24) is 0 Å². The van der Waals surface area contributed by atoms with E-state index >= 15 is 0 Å². The average Bonchev–Trinajstić information content (AvgIpc) is 2.25. The lowest BCUT2D eigenvalue weighted by molar-refractivity contribution is -0.156. The van der Waals surface area contributed by atoms with Crippen molar-refractivity contribution in [2.75, 3.05) is 7.11 Å². The molecular formula is C12H13FO3. The molecule has 86 valence electrons. The quantitative estimate of drug-likeness (QED) is 0.772. The Kier molecular flexibility index (Phi) is 2.68. The first kappa shape index (κ1) is 11.1. The van der Waals surface area contributed by atoms with Crippen molar-refractivity contribution < 1.29 is 19.0 Å². The van der Waals surface area contributed by atoms with E-state index < -0.39 is 11.5 Å². The minimum absolute atomic E-state index is 0.339. The number of rotatable bonds is 2. The molecule has 0 spiro atoms. The number of aliphatic hydroxyl groups excluding tert-OH is 1. The lowest BCUT2D eigenvalue weighted by atomic mass is 9.62. The maximum Gasteiger partial charge on any atom is 0.316 e. The Morgan fingerprint density at radius 2 is 2.00 bits per heavy atom. The van der Waals surface area contributed by atoms with Crippen LogP contribution in [-0.2, 0) is 14.9 Å². The van der Waals surface area contributed by atoms with E-state index in [2.05, 4.69) is 0 Å². The molecule has 4 heteroatoms. The van der Waals surface area contributed by atoms with Gasteiger partial charge in [-0.15, -0.1) is 0 Å². The molecule has 0 saturated heterocycles. The van der Waals surface area contributed by atoms with E-state index in [0.717, 1.165) is 0 Å². The number of esters is 1. The number of ether oxygens (including phenoxy) is 1. The molecule has 1 aliphatic rings. The molecule has 16 heavy (non-hydrogen) atoms. The highest BCUT2D eigenvalue weighted by molar-refractivity contribution is 5.84. The van der Waals surface area contributed by atoms with E-state index in [1.54, 1.807) is 12.1 Å². The van der Waals surface area contributed by atoms with Crippen LogP contribution in [0.3, 0.4) is 0 Å². The van der Waals surface area contributed by atoms with Gasteiger partial charge in [0.25, 0.3) is 0 Å². The fourth-order valence-electron chi connectivity index (χ4n) is 2.23. The van der Waals surface area contributed by atoms with Gasteiger partial charge in [-0.2, -0.15) is 0 Å². The first-order valence-corrected chi connectivity index (χ1v) is 5.11. The second-order valence-corrected chi connectivity index (χ2v) is 4.14. The average molecular weight is 224 g/mol. The van der Waals surface area contributed by atoms with Crippen LogP contribution in [-0.4, -0.2) is 24.3 Å². The predicted octanol–water partition coefficient (Wildman–Crippen LogP) is 1.39. The highest BCUT2D eigenvalue weighted by Crippen LogP contribution is 2.44. The van der Waals surface area contributed by atoms with Gasteiger partial charge < -0.3 is 9.84 Å². The highest BCUT2D eigenvalue weighted by atomic mass is 19.1. The predicted molar refractivity (Wildman–Crippen MR) is 55.3 cm³/mol. The highest BCUT2D eigenvalue weighted by Gasteiger charge is 2.51. The van der Waals surface area contributed by atoms with Crippen molar-refractivity contribution in [2.45, 2.75) is 24.4 Å². The standard InChI is InChI=1S/C12H13FO3/c1-16-11(15)12(6-10(14)7-12)8-2-4-9(13)5-3-8/h2-5,10,14H,6-7H2,1H3. The van der Waals surface area contributed by atoms with E-state index in [9.17, 15) is 14.3 Å². The van der Waals surface area contributed by atoms with Gasteiger partial charge in [0.1, 0.15) is 5.82 Å². The van der Waals surface area contributed by atoms with Gasteiger partial charge >= 0.3 is 5.97 Å². The van der Waals surface area contributed by atoms with Gasteiger partial charge in [0.2, 0.25) is 0 Å². The van der Waals surface area contributed by atoms with Gasteiger partial charge in [-0.25, -0.2) is 4.39 Å².